The SMILES string of the molecule is O=C(CC12CC3CC(CC(C3)C1)C2)Nc1cccc2c(=O)n(Cc3cccnc3)ccc12. The zero-order valence-corrected chi connectivity index (χ0v) is 18.3. The van der Waals surface area contributed by atoms with E-state index >= 15 is 0 Å². The van der Waals surface area contributed by atoms with Crippen molar-refractivity contribution in [3.63, 3.8) is 0 Å². The fourth-order valence-electron chi connectivity index (χ4n) is 7.28. The lowest BCUT2D eigenvalue weighted by atomic mass is 9.49. The van der Waals surface area contributed by atoms with Gasteiger partial charge < -0.3 is 9.88 Å². The quantitative estimate of drug-likeness (QED) is 0.624. The van der Waals surface area contributed by atoms with Gasteiger partial charge in [-0.15, -0.1) is 0 Å². The maximum absolute atomic E-state index is 13.1. The molecule has 1 N–H and O–H groups in total. The smallest absolute Gasteiger partial charge is 0.258 e. The molecule has 0 saturated heterocycles. The first-order valence-electron chi connectivity index (χ1n) is 11.9. The molecule has 3 aromatic rings. The topological polar surface area (TPSA) is 64.0 Å². The Morgan fingerprint density at radius 3 is 2.44 bits per heavy atom. The van der Waals surface area contributed by atoms with Crippen LogP contribution in [0.3, 0.4) is 0 Å². The van der Waals surface area contributed by atoms with Gasteiger partial charge in [0.2, 0.25) is 5.91 Å². The van der Waals surface area contributed by atoms with Crippen LogP contribution in [0.2, 0.25) is 0 Å². The number of amides is 1. The molecule has 0 spiro atoms. The maximum Gasteiger partial charge on any atom is 0.258 e. The standard InChI is InChI=1S/C27H29N3O2/c31-25(15-27-12-19-9-20(13-27)11-21(10-19)14-27)29-24-5-1-4-23-22(24)6-8-30(26(23)32)17-18-3-2-7-28-16-18/h1-8,16,19-21H,9-15,17H2,(H,29,31). The summed E-state index contributed by atoms with van der Waals surface area (Å²) in [5.41, 5.74) is 1.88. The van der Waals surface area contributed by atoms with Gasteiger partial charge in [0.25, 0.3) is 5.56 Å². The molecule has 0 unspecified atom stereocenters. The molecule has 0 radical (unpaired) electrons. The summed E-state index contributed by atoms with van der Waals surface area (Å²) in [7, 11) is 0. The second-order valence-corrected chi connectivity index (χ2v) is 10.5. The van der Waals surface area contributed by atoms with Crippen molar-refractivity contribution in [1.82, 2.24) is 9.55 Å². The fourth-order valence-corrected chi connectivity index (χ4v) is 7.28. The van der Waals surface area contributed by atoms with Gasteiger partial charge in [-0.25, -0.2) is 0 Å². The molecule has 0 aliphatic heterocycles. The number of fused-ring (bicyclic) bond motifs is 1. The second kappa shape index (κ2) is 7.58. The van der Waals surface area contributed by atoms with E-state index in [4.69, 9.17) is 0 Å². The van der Waals surface area contributed by atoms with Crippen molar-refractivity contribution >= 4 is 22.4 Å². The minimum atomic E-state index is -0.0523. The summed E-state index contributed by atoms with van der Waals surface area (Å²) in [5.74, 6) is 2.61. The van der Waals surface area contributed by atoms with E-state index in [1.54, 1.807) is 17.0 Å². The lowest BCUT2D eigenvalue weighted by molar-refractivity contribution is -0.124. The minimum absolute atomic E-state index is 0.0523. The molecule has 2 aromatic heterocycles. The van der Waals surface area contributed by atoms with Gasteiger partial charge in [-0.2, -0.15) is 0 Å². The highest BCUT2D eigenvalue weighted by atomic mass is 16.1. The summed E-state index contributed by atoms with van der Waals surface area (Å²) in [4.78, 5) is 30.4. The average molecular weight is 428 g/mol. The van der Waals surface area contributed by atoms with Crippen LogP contribution < -0.4 is 10.9 Å². The van der Waals surface area contributed by atoms with E-state index in [1.807, 2.05) is 42.6 Å². The predicted molar refractivity (Wildman–Crippen MR) is 125 cm³/mol. The number of benzene rings is 1. The molecule has 164 valence electrons. The summed E-state index contributed by atoms with van der Waals surface area (Å²) in [6.45, 7) is 0.477. The third-order valence-electron chi connectivity index (χ3n) is 8.07. The monoisotopic (exact) mass is 427 g/mol. The number of anilines is 1. The Balaban J connectivity index is 1.23. The van der Waals surface area contributed by atoms with Crippen LogP contribution in [-0.4, -0.2) is 15.5 Å². The molecule has 32 heavy (non-hydrogen) atoms. The predicted octanol–water partition coefficient (Wildman–Crippen LogP) is 4.99. The highest BCUT2D eigenvalue weighted by Crippen LogP contribution is 2.61. The Bertz CT molecular complexity index is 1200. The number of hydrogen-bond donors (Lipinski definition) is 1. The van der Waals surface area contributed by atoms with E-state index in [0.717, 1.165) is 34.4 Å². The molecule has 5 heteroatoms. The fraction of sp³-hybridized carbons (Fsp3) is 0.444. The van der Waals surface area contributed by atoms with Gasteiger partial charge in [0, 0.05) is 41.5 Å². The molecule has 4 aliphatic rings. The largest absolute Gasteiger partial charge is 0.325 e. The van der Waals surface area contributed by atoms with Crippen LogP contribution in [0.5, 0.6) is 0 Å². The molecule has 4 aliphatic carbocycles. The number of pyridine rings is 2. The van der Waals surface area contributed by atoms with E-state index in [1.165, 1.54) is 38.5 Å². The van der Waals surface area contributed by atoms with Gasteiger partial charge >= 0.3 is 0 Å². The Morgan fingerprint density at radius 2 is 1.75 bits per heavy atom. The van der Waals surface area contributed by atoms with Crippen LogP contribution in [0.25, 0.3) is 10.8 Å². The zero-order valence-electron chi connectivity index (χ0n) is 18.3. The molecule has 5 nitrogen and oxygen atoms in total. The Kier molecular flexibility index (Phi) is 4.67. The third-order valence-corrected chi connectivity index (χ3v) is 8.07. The molecule has 1 amide bonds. The first kappa shape index (κ1) is 19.7. The van der Waals surface area contributed by atoms with E-state index in [2.05, 4.69) is 10.3 Å². The number of hydrogen-bond acceptors (Lipinski definition) is 3. The van der Waals surface area contributed by atoms with Gasteiger partial charge in [0.15, 0.2) is 0 Å². The number of nitrogens with one attached hydrogen (secondary N) is 1. The molecular formula is C27H29N3O2. The molecule has 7 rings (SSSR count). The molecular weight excluding hydrogens is 398 g/mol. The molecule has 1 aromatic carbocycles. The van der Waals surface area contributed by atoms with Crippen molar-refractivity contribution in [3.05, 3.63) is 70.9 Å². The summed E-state index contributed by atoms with van der Waals surface area (Å²) in [5, 5.41) is 4.59. The van der Waals surface area contributed by atoms with Gasteiger partial charge in [-0.3, -0.25) is 14.6 Å². The van der Waals surface area contributed by atoms with Gasteiger partial charge in [0.05, 0.1) is 6.54 Å². The van der Waals surface area contributed by atoms with E-state index in [0.29, 0.717) is 18.4 Å². The molecule has 4 fully saturated rings. The van der Waals surface area contributed by atoms with Crippen molar-refractivity contribution in [2.75, 3.05) is 5.32 Å². The number of aromatic nitrogens is 2. The molecule has 2 heterocycles. The molecule has 4 saturated carbocycles. The zero-order chi connectivity index (χ0) is 21.7. The van der Waals surface area contributed by atoms with Crippen LogP contribution in [0.4, 0.5) is 5.69 Å². The van der Waals surface area contributed by atoms with Crippen LogP contribution in [0.15, 0.2) is 59.8 Å². The van der Waals surface area contributed by atoms with Crippen LogP contribution in [-0.2, 0) is 11.3 Å². The van der Waals surface area contributed by atoms with Crippen molar-refractivity contribution in [1.29, 1.82) is 0 Å². The minimum Gasteiger partial charge on any atom is -0.325 e. The average Bonchev–Trinajstić information content (AvgIpc) is 2.75. The van der Waals surface area contributed by atoms with E-state index < -0.39 is 0 Å². The molecule has 4 bridgehead atoms. The summed E-state index contributed by atoms with van der Waals surface area (Å²) >= 11 is 0. The number of nitrogens with zero attached hydrogens (tertiary/aromatic N) is 2. The first-order valence-corrected chi connectivity index (χ1v) is 11.9. The highest BCUT2D eigenvalue weighted by molar-refractivity contribution is 6.02. The lowest BCUT2D eigenvalue weighted by Crippen LogP contribution is -2.47. The number of carbonyl (C=O) groups excluding carboxylic acids is 1. The van der Waals surface area contributed by atoms with Crippen molar-refractivity contribution in [3.8, 4) is 0 Å². The normalized spacial score (nSPS) is 28.2. The number of carbonyl (C=O) groups is 1. The van der Waals surface area contributed by atoms with Crippen molar-refractivity contribution in [2.45, 2.75) is 51.5 Å². The first-order chi connectivity index (χ1) is 15.6. The lowest BCUT2D eigenvalue weighted by Gasteiger charge is -2.56. The van der Waals surface area contributed by atoms with Crippen molar-refractivity contribution in [2.24, 2.45) is 23.2 Å². The third kappa shape index (κ3) is 3.54. The van der Waals surface area contributed by atoms with Gasteiger partial charge in [0.1, 0.15) is 0 Å². The maximum atomic E-state index is 13.1. The Morgan fingerprint density at radius 1 is 1.00 bits per heavy atom. The van der Waals surface area contributed by atoms with E-state index in [-0.39, 0.29) is 16.9 Å². The summed E-state index contributed by atoms with van der Waals surface area (Å²) in [6, 6.07) is 11.4. The van der Waals surface area contributed by atoms with Crippen LogP contribution in [0, 0.1) is 23.2 Å². The summed E-state index contributed by atoms with van der Waals surface area (Å²) < 4.78 is 1.69. The Hall–Kier alpha value is -2.95. The number of rotatable bonds is 5. The summed E-state index contributed by atoms with van der Waals surface area (Å²) in [6.07, 6.45) is 13.8. The Labute approximate surface area is 187 Å². The molecule has 0 atom stereocenters. The van der Waals surface area contributed by atoms with E-state index in [9.17, 15) is 9.59 Å². The van der Waals surface area contributed by atoms with Crippen LogP contribution in [0.1, 0.15) is 50.5 Å². The van der Waals surface area contributed by atoms with Crippen LogP contribution >= 0.6 is 0 Å². The highest BCUT2D eigenvalue weighted by Gasteiger charge is 2.51. The second-order valence-electron chi connectivity index (χ2n) is 10.5. The van der Waals surface area contributed by atoms with Crippen molar-refractivity contribution < 1.29 is 4.79 Å². The van der Waals surface area contributed by atoms with Gasteiger partial charge in [-0.05, 0) is 91.5 Å². The van der Waals surface area contributed by atoms with Gasteiger partial charge in [-0.1, -0.05) is 12.1 Å².